The molecule has 0 aromatic carbocycles. The van der Waals surface area contributed by atoms with E-state index < -0.39 is 6.16 Å². The maximum Gasteiger partial charge on any atom is 0.512 e. The second-order valence-electron chi connectivity index (χ2n) is 8.38. The molecule has 164 valence electrons. The molecular formula is C21H36N3O4S+. The van der Waals surface area contributed by atoms with Gasteiger partial charge in [0.05, 0.1) is 38.5 Å². The summed E-state index contributed by atoms with van der Waals surface area (Å²) in [4.78, 5) is 12.0. The van der Waals surface area contributed by atoms with Crippen LogP contribution in [0.2, 0.25) is 0 Å². The monoisotopic (exact) mass is 426 g/mol. The van der Waals surface area contributed by atoms with Crippen molar-refractivity contribution < 1.29 is 23.5 Å². The van der Waals surface area contributed by atoms with Crippen LogP contribution in [0, 0.1) is 5.92 Å². The highest BCUT2D eigenvalue weighted by Crippen LogP contribution is 2.31. The number of unbranched alkanes of at least 4 members (excludes halogenated alkanes) is 3. The van der Waals surface area contributed by atoms with Crippen LogP contribution in [-0.4, -0.2) is 59.0 Å². The zero-order valence-corrected chi connectivity index (χ0v) is 19.3. The van der Waals surface area contributed by atoms with Gasteiger partial charge < -0.3 is 14.2 Å². The van der Waals surface area contributed by atoms with Crippen molar-refractivity contribution in [1.29, 1.82) is 0 Å². The maximum absolute atomic E-state index is 12.0. The third kappa shape index (κ3) is 7.26. The molecular weight excluding hydrogens is 390 g/mol. The average molecular weight is 427 g/mol. The summed E-state index contributed by atoms with van der Waals surface area (Å²) < 4.78 is 26.1. The van der Waals surface area contributed by atoms with Gasteiger partial charge in [-0.15, -0.1) is 4.37 Å². The molecule has 0 bridgehead atoms. The van der Waals surface area contributed by atoms with Crippen LogP contribution in [0.1, 0.15) is 65.5 Å². The van der Waals surface area contributed by atoms with Crippen molar-refractivity contribution in [3.05, 3.63) is 11.8 Å². The molecule has 1 unspecified atom stereocenters. The minimum atomic E-state index is -0.604. The largest absolute Gasteiger partial charge is 0.512 e. The van der Waals surface area contributed by atoms with Crippen molar-refractivity contribution in [2.75, 3.05) is 33.4 Å². The fourth-order valence-corrected chi connectivity index (χ4v) is 3.78. The molecule has 0 amide bonds. The minimum Gasteiger partial charge on any atom is -0.475 e. The molecule has 0 saturated carbocycles. The van der Waals surface area contributed by atoms with Crippen LogP contribution in [0.15, 0.2) is 6.08 Å². The number of nitrogens with zero attached hydrogens (tertiary/aromatic N) is 3. The summed E-state index contributed by atoms with van der Waals surface area (Å²) >= 11 is 1.18. The number of hydrogen-bond acceptors (Lipinski definition) is 7. The number of quaternary nitrogens is 1. The van der Waals surface area contributed by atoms with Gasteiger partial charge in [0.15, 0.2) is 0 Å². The standard InChI is InChI=1S/C21H36N3O4S/c1-6-7-8-9-13-26-20-19(22-29-23-20)18-11-10-12-24(5,14-18)17(4)28-21(25)27-15-16(2)3/h11,16-17H,6-10,12-15H2,1-5H3/q+1/t17-,24?/m1/s1. The van der Waals surface area contributed by atoms with Crippen LogP contribution >= 0.6 is 11.7 Å². The summed E-state index contributed by atoms with van der Waals surface area (Å²) in [7, 11) is 2.10. The van der Waals surface area contributed by atoms with Gasteiger partial charge in [-0.2, -0.15) is 4.37 Å². The summed E-state index contributed by atoms with van der Waals surface area (Å²) in [6.45, 7) is 10.7. The summed E-state index contributed by atoms with van der Waals surface area (Å²) in [6, 6.07) is 0. The highest BCUT2D eigenvalue weighted by atomic mass is 32.1. The Kier molecular flexibility index (Phi) is 9.36. The van der Waals surface area contributed by atoms with E-state index in [0.29, 0.717) is 30.1 Å². The molecule has 0 N–H and O–H groups in total. The van der Waals surface area contributed by atoms with E-state index in [2.05, 4.69) is 28.8 Å². The molecule has 1 aromatic rings. The lowest BCUT2D eigenvalue weighted by atomic mass is 10.0. The van der Waals surface area contributed by atoms with E-state index in [0.717, 1.165) is 30.7 Å². The first-order valence-electron chi connectivity index (χ1n) is 10.7. The number of aromatic nitrogens is 2. The molecule has 0 radical (unpaired) electrons. The van der Waals surface area contributed by atoms with Gasteiger partial charge in [-0.3, -0.25) is 4.48 Å². The number of ether oxygens (including phenoxy) is 3. The zero-order chi connectivity index (χ0) is 21.3. The number of carbonyl (C=O) groups excluding carboxylic acids is 1. The van der Waals surface area contributed by atoms with E-state index in [1.54, 1.807) is 0 Å². The Balaban J connectivity index is 1.95. The third-order valence-electron chi connectivity index (χ3n) is 5.24. The lowest BCUT2D eigenvalue weighted by Crippen LogP contribution is -2.55. The summed E-state index contributed by atoms with van der Waals surface area (Å²) in [5.41, 5.74) is 1.92. The van der Waals surface area contributed by atoms with Crippen LogP contribution in [0.25, 0.3) is 5.57 Å². The van der Waals surface area contributed by atoms with Crippen molar-refractivity contribution in [2.45, 2.75) is 66.0 Å². The highest BCUT2D eigenvalue weighted by molar-refractivity contribution is 6.99. The smallest absolute Gasteiger partial charge is 0.475 e. The minimum absolute atomic E-state index is 0.282. The van der Waals surface area contributed by atoms with Gasteiger partial charge in [-0.1, -0.05) is 46.1 Å². The van der Waals surface area contributed by atoms with Gasteiger partial charge in [0, 0.05) is 18.9 Å². The number of likely N-dealkylation sites (N-methyl/N-ethyl adjacent to an activating group) is 1. The zero-order valence-electron chi connectivity index (χ0n) is 18.5. The Morgan fingerprint density at radius 2 is 2.03 bits per heavy atom. The molecule has 7 nitrogen and oxygen atoms in total. The molecule has 1 aliphatic rings. The first-order valence-corrected chi connectivity index (χ1v) is 11.4. The SMILES string of the molecule is CCCCCCOc1nsnc1C1=CCC[N+](C)([C@@H](C)OC(=O)OCC(C)C)C1. The molecule has 2 atom stereocenters. The fraction of sp³-hybridized carbons (Fsp3) is 0.762. The summed E-state index contributed by atoms with van der Waals surface area (Å²) in [6.07, 6.45) is 6.79. The van der Waals surface area contributed by atoms with Gasteiger partial charge in [-0.25, -0.2) is 4.79 Å². The summed E-state index contributed by atoms with van der Waals surface area (Å²) in [5, 5.41) is 0. The molecule has 29 heavy (non-hydrogen) atoms. The number of hydrogen-bond donors (Lipinski definition) is 0. The average Bonchev–Trinajstić information content (AvgIpc) is 3.15. The quantitative estimate of drug-likeness (QED) is 0.285. The van der Waals surface area contributed by atoms with Gasteiger partial charge in [0.25, 0.3) is 5.88 Å². The Labute approximate surface area is 179 Å². The molecule has 1 aliphatic heterocycles. The van der Waals surface area contributed by atoms with Gasteiger partial charge in [0.2, 0.25) is 6.23 Å². The van der Waals surface area contributed by atoms with E-state index in [4.69, 9.17) is 14.2 Å². The molecule has 2 rings (SSSR count). The molecule has 1 aromatic heterocycles. The van der Waals surface area contributed by atoms with E-state index in [9.17, 15) is 4.79 Å². The Morgan fingerprint density at radius 3 is 2.76 bits per heavy atom. The molecule has 2 heterocycles. The number of rotatable bonds is 11. The van der Waals surface area contributed by atoms with E-state index in [1.807, 2.05) is 20.8 Å². The molecule has 0 spiro atoms. The van der Waals surface area contributed by atoms with Crippen LogP contribution < -0.4 is 4.74 Å². The lowest BCUT2D eigenvalue weighted by molar-refractivity contribution is -0.944. The molecule has 8 heteroatoms. The normalized spacial score (nSPS) is 20.3. The van der Waals surface area contributed by atoms with Crippen molar-refractivity contribution in [3.8, 4) is 5.88 Å². The van der Waals surface area contributed by atoms with Gasteiger partial charge in [0.1, 0.15) is 12.2 Å². The lowest BCUT2D eigenvalue weighted by Gasteiger charge is -2.41. The summed E-state index contributed by atoms with van der Waals surface area (Å²) in [5.74, 6) is 0.904. The van der Waals surface area contributed by atoms with Crippen LogP contribution in [0.3, 0.4) is 0 Å². The van der Waals surface area contributed by atoms with Gasteiger partial charge in [-0.05, 0) is 12.3 Å². The van der Waals surface area contributed by atoms with Crippen molar-refractivity contribution in [2.24, 2.45) is 5.92 Å². The predicted molar refractivity (Wildman–Crippen MR) is 115 cm³/mol. The van der Waals surface area contributed by atoms with Crippen molar-refractivity contribution in [3.63, 3.8) is 0 Å². The number of carbonyl (C=O) groups is 1. The van der Waals surface area contributed by atoms with Crippen LogP contribution in [-0.2, 0) is 9.47 Å². The van der Waals surface area contributed by atoms with Crippen molar-refractivity contribution in [1.82, 2.24) is 8.75 Å². The topological polar surface area (TPSA) is 70.5 Å². The highest BCUT2D eigenvalue weighted by Gasteiger charge is 2.37. The fourth-order valence-electron chi connectivity index (χ4n) is 3.25. The molecule has 0 saturated heterocycles. The van der Waals surface area contributed by atoms with Crippen LogP contribution in [0.5, 0.6) is 5.88 Å². The Morgan fingerprint density at radius 1 is 1.24 bits per heavy atom. The van der Waals surface area contributed by atoms with E-state index in [-0.39, 0.29) is 12.1 Å². The Bertz CT molecular complexity index is 677. The Hall–Kier alpha value is -1.67. The second kappa shape index (κ2) is 11.5. The van der Waals surface area contributed by atoms with E-state index in [1.165, 1.54) is 31.0 Å². The van der Waals surface area contributed by atoms with Crippen molar-refractivity contribution >= 4 is 23.5 Å². The maximum atomic E-state index is 12.0. The first kappa shape index (κ1) is 23.6. The third-order valence-corrected chi connectivity index (χ3v) is 5.75. The first-order chi connectivity index (χ1) is 13.9. The van der Waals surface area contributed by atoms with Gasteiger partial charge >= 0.3 is 6.16 Å². The molecule has 0 fully saturated rings. The predicted octanol–water partition coefficient (Wildman–Crippen LogP) is 4.89. The van der Waals surface area contributed by atoms with Crippen LogP contribution in [0.4, 0.5) is 4.79 Å². The molecule has 0 aliphatic carbocycles. The second-order valence-corrected chi connectivity index (χ2v) is 8.91. The van der Waals surface area contributed by atoms with E-state index >= 15 is 0 Å².